The molecule has 0 radical (unpaired) electrons. The minimum Gasteiger partial charge on any atom is -0.375 e. The van der Waals surface area contributed by atoms with Crippen LogP contribution in [-0.4, -0.2) is 22.7 Å². The van der Waals surface area contributed by atoms with E-state index in [0.717, 1.165) is 0 Å². The average molecular weight is 730 g/mol. The van der Waals surface area contributed by atoms with Crippen LogP contribution < -0.4 is 31.7 Å². The summed E-state index contributed by atoms with van der Waals surface area (Å²) in [4.78, 5) is 5.16. The highest BCUT2D eigenvalue weighted by atomic mass is 15.2. The second kappa shape index (κ2) is 9.56. The molecule has 0 atom stereocenters. The Labute approximate surface area is 333 Å². The number of hydrogen-bond donors (Lipinski definition) is 0. The van der Waals surface area contributed by atoms with Crippen molar-refractivity contribution in [1.29, 1.82) is 0 Å². The Morgan fingerprint density at radius 3 is 1.78 bits per heavy atom. The predicted octanol–water partition coefficient (Wildman–Crippen LogP) is 10.2. The van der Waals surface area contributed by atoms with Crippen LogP contribution in [0.15, 0.2) is 170 Å². The normalized spacial score (nSPS) is 14.4. The van der Waals surface area contributed by atoms with Gasteiger partial charge in [-0.2, -0.15) is 0 Å². The van der Waals surface area contributed by atoms with Crippen molar-refractivity contribution in [3.05, 3.63) is 170 Å². The van der Waals surface area contributed by atoms with Gasteiger partial charge in [0.1, 0.15) is 0 Å². The van der Waals surface area contributed by atoms with Gasteiger partial charge in [0.2, 0.25) is 0 Å². The lowest BCUT2D eigenvalue weighted by atomic mass is 9.38. The van der Waals surface area contributed by atoms with Crippen molar-refractivity contribution in [1.82, 2.24) is 8.96 Å². The molecule has 2 aromatic heterocycles. The van der Waals surface area contributed by atoms with E-state index in [4.69, 9.17) is 0 Å². The maximum Gasteiger partial charge on any atom is 0.333 e. The highest BCUT2D eigenvalue weighted by Crippen LogP contribution is 2.55. The zero-order valence-corrected chi connectivity index (χ0v) is 31.1. The van der Waals surface area contributed by atoms with Crippen LogP contribution in [0.2, 0.25) is 0 Å². The molecule has 9 aromatic carbocycles. The molecule has 5 aliphatic rings. The highest BCUT2D eigenvalue weighted by Gasteiger charge is 2.53. The van der Waals surface area contributed by atoms with Crippen LogP contribution in [0.25, 0.3) is 76.6 Å². The van der Waals surface area contributed by atoms with Gasteiger partial charge in [-0.3, -0.25) is 0 Å². The van der Waals surface area contributed by atoms with Gasteiger partial charge in [-0.15, -0.1) is 0 Å². The first-order valence-corrected chi connectivity index (χ1v) is 20.4. The SMILES string of the molecule is c1ccc(N2c3cc4ccccc4cc3B3c4c2cc2c5c4-c4c6c(cc7c8cccc9c8n(c47)B5c4c-9cccc4N2c2ccccc2)c2ccccc2n63)cc1. The van der Waals surface area contributed by atoms with Crippen LogP contribution in [0, 0.1) is 0 Å². The van der Waals surface area contributed by atoms with E-state index in [9.17, 15) is 0 Å². The van der Waals surface area contributed by atoms with Crippen LogP contribution in [-0.2, 0) is 0 Å². The Bertz CT molecular complexity index is 3770. The number of anilines is 6. The highest BCUT2D eigenvalue weighted by molar-refractivity contribution is 6.96. The molecule has 4 nitrogen and oxygen atoms in total. The summed E-state index contributed by atoms with van der Waals surface area (Å²) < 4.78 is 5.50. The van der Waals surface area contributed by atoms with Crippen molar-refractivity contribution in [2.75, 3.05) is 9.80 Å². The Morgan fingerprint density at radius 1 is 0.345 bits per heavy atom. The van der Waals surface area contributed by atoms with Gasteiger partial charge in [-0.05, 0) is 98.3 Å². The van der Waals surface area contributed by atoms with E-state index in [1.807, 2.05) is 0 Å². The molecule has 0 fully saturated rings. The quantitative estimate of drug-likeness (QED) is 0.165. The fourth-order valence-electron chi connectivity index (χ4n) is 12.3. The zero-order chi connectivity index (χ0) is 37.1. The summed E-state index contributed by atoms with van der Waals surface area (Å²) in [5, 5.41) is 7.88. The fourth-order valence-corrected chi connectivity index (χ4v) is 12.3. The molecule has 0 spiro atoms. The summed E-state index contributed by atoms with van der Waals surface area (Å²) in [6.07, 6.45) is 0. The third kappa shape index (κ3) is 3.03. The van der Waals surface area contributed by atoms with Gasteiger partial charge in [0.25, 0.3) is 0 Å². The van der Waals surface area contributed by atoms with E-state index < -0.39 is 0 Å². The predicted molar refractivity (Wildman–Crippen MR) is 245 cm³/mol. The van der Waals surface area contributed by atoms with Crippen molar-refractivity contribution in [2.45, 2.75) is 0 Å². The lowest BCUT2D eigenvalue weighted by Crippen LogP contribution is -2.64. The van der Waals surface area contributed by atoms with Crippen molar-refractivity contribution in [2.24, 2.45) is 0 Å². The second-order valence-corrected chi connectivity index (χ2v) is 16.8. The summed E-state index contributed by atoms with van der Waals surface area (Å²) >= 11 is 0. The van der Waals surface area contributed by atoms with E-state index >= 15 is 0 Å². The molecule has 58 heavy (non-hydrogen) atoms. The second-order valence-electron chi connectivity index (χ2n) is 16.8. The number of fused-ring (bicyclic) bond motifs is 9. The van der Waals surface area contributed by atoms with Gasteiger partial charge in [0, 0.05) is 88.9 Å². The van der Waals surface area contributed by atoms with Gasteiger partial charge in [0.05, 0.1) is 0 Å². The number of aromatic nitrogens is 2. The fraction of sp³-hybridized carbons (Fsp3) is 0. The van der Waals surface area contributed by atoms with Gasteiger partial charge in [-0.1, -0.05) is 115 Å². The van der Waals surface area contributed by atoms with Crippen LogP contribution in [0.3, 0.4) is 0 Å². The lowest BCUT2D eigenvalue weighted by molar-refractivity contribution is 1.22. The molecule has 5 aliphatic heterocycles. The molecule has 0 aliphatic carbocycles. The average Bonchev–Trinajstić information content (AvgIpc) is 3.80. The van der Waals surface area contributed by atoms with Crippen molar-refractivity contribution < 1.29 is 0 Å². The molecule has 16 rings (SSSR count). The number of rotatable bonds is 2. The largest absolute Gasteiger partial charge is 0.375 e. The zero-order valence-electron chi connectivity index (χ0n) is 31.1. The van der Waals surface area contributed by atoms with Crippen LogP contribution in [0.4, 0.5) is 34.1 Å². The monoisotopic (exact) mass is 730 g/mol. The standard InChI is InChI=1S/C52H28B2N4/c1-3-15-31(16-4-1)55-41-24-12-20-34-35-21-11-22-36-38-27-37-33-19-9-10-23-40(33)57-51(37)46-45-48-43(28-44(55)49(45)54(47(34)41)58(50(35)36)52(38)46)56(32-17-5-2-6-18-32)42-26-30-14-8-7-13-29(30)25-39(42)53(48)57/h1-28H. The van der Waals surface area contributed by atoms with Crippen LogP contribution in [0.5, 0.6) is 0 Å². The third-order valence-electron chi connectivity index (χ3n) is 14.3. The summed E-state index contributed by atoms with van der Waals surface area (Å²) in [5.41, 5.74) is 23.8. The van der Waals surface area contributed by atoms with Crippen LogP contribution in [0.1, 0.15) is 0 Å². The maximum atomic E-state index is 2.77. The molecular weight excluding hydrogens is 702 g/mol. The number of para-hydroxylation sites is 4. The van der Waals surface area contributed by atoms with E-state index in [0.29, 0.717) is 0 Å². The molecule has 0 N–H and O–H groups in total. The van der Waals surface area contributed by atoms with E-state index in [-0.39, 0.29) is 13.7 Å². The molecule has 11 aromatic rings. The molecule has 7 heterocycles. The summed E-state index contributed by atoms with van der Waals surface area (Å²) in [5.74, 6) is 0. The van der Waals surface area contributed by atoms with Gasteiger partial charge in [-0.25, -0.2) is 0 Å². The third-order valence-corrected chi connectivity index (χ3v) is 14.3. The topological polar surface area (TPSA) is 16.3 Å². The van der Waals surface area contributed by atoms with Crippen molar-refractivity contribution in [3.63, 3.8) is 0 Å². The number of nitrogens with zero attached hydrogens (tertiary/aromatic N) is 4. The summed E-state index contributed by atoms with van der Waals surface area (Å²) in [7, 11) is 0. The van der Waals surface area contributed by atoms with Crippen molar-refractivity contribution >= 4 is 124 Å². The Morgan fingerprint density at radius 2 is 0.966 bits per heavy atom. The van der Waals surface area contributed by atoms with Gasteiger partial charge in [0.15, 0.2) is 0 Å². The Balaban J connectivity index is 1.21. The van der Waals surface area contributed by atoms with Crippen molar-refractivity contribution in [3.8, 4) is 22.3 Å². The molecule has 0 saturated heterocycles. The molecule has 0 amide bonds. The molecule has 6 heteroatoms. The Hall–Kier alpha value is -7.43. The lowest BCUT2D eigenvalue weighted by Gasteiger charge is -2.48. The molecule has 0 bridgehead atoms. The van der Waals surface area contributed by atoms with E-state index in [2.05, 4.69) is 189 Å². The van der Waals surface area contributed by atoms with Gasteiger partial charge < -0.3 is 18.8 Å². The molecule has 0 unspecified atom stereocenters. The van der Waals surface area contributed by atoms with Gasteiger partial charge >= 0.3 is 13.7 Å². The minimum absolute atomic E-state index is 0.0286. The smallest absolute Gasteiger partial charge is 0.333 e. The van der Waals surface area contributed by atoms with E-state index in [1.165, 1.54) is 133 Å². The molecule has 262 valence electrons. The summed E-state index contributed by atoms with van der Waals surface area (Å²) in [6, 6.07) is 64.3. The Kier molecular flexibility index (Phi) is 4.77. The first-order valence-electron chi connectivity index (χ1n) is 20.4. The summed E-state index contributed by atoms with van der Waals surface area (Å²) in [6.45, 7) is 0.0141. The van der Waals surface area contributed by atoms with Crippen LogP contribution >= 0.6 is 0 Å². The number of benzene rings is 9. The van der Waals surface area contributed by atoms with E-state index in [1.54, 1.807) is 0 Å². The first kappa shape index (κ1) is 28.9. The molecule has 0 saturated carbocycles. The first-order chi connectivity index (χ1) is 28.8. The minimum atomic E-state index is -0.0286. The number of hydrogen-bond acceptors (Lipinski definition) is 2. The maximum absolute atomic E-state index is 2.77. The molecular formula is C52H28B2N4.